The SMILES string of the molecule is NC(=O)[C@H]1CCCN(c2ccc(CNCc3cccnc3)cc2)C1. The smallest absolute Gasteiger partial charge is 0.222 e. The molecule has 1 saturated heterocycles. The molecule has 1 aromatic carbocycles. The number of carbonyl (C=O) groups is 1. The van der Waals surface area contributed by atoms with E-state index in [1.165, 1.54) is 11.1 Å². The third-order valence-corrected chi connectivity index (χ3v) is 4.51. The van der Waals surface area contributed by atoms with Crippen LogP contribution in [-0.4, -0.2) is 24.0 Å². The molecule has 0 radical (unpaired) electrons. The van der Waals surface area contributed by atoms with Gasteiger partial charge in [0.05, 0.1) is 5.92 Å². The number of primary amides is 1. The molecule has 0 aliphatic carbocycles. The van der Waals surface area contributed by atoms with Gasteiger partial charge in [-0.15, -0.1) is 0 Å². The van der Waals surface area contributed by atoms with E-state index < -0.39 is 0 Å². The van der Waals surface area contributed by atoms with Crippen molar-refractivity contribution in [2.45, 2.75) is 25.9 Å². The zero-order chi connectivity index (χ0) is 16.8. The molecule has 0 saturated carbocycles. The van der Waals surface area contributed by atoms with Gasteiger partial charge in [0.25, 0.3) is 0 Å². The minimum atomic E-state index is -0.184. The molecule has 1 aromatic heterocycles. The van der Waals surface area contributed by atoms with Crippen LogP contribution in [0, 0.1) is 5.92 Å². The first-order valence-electron chi connectivity index (χ1n) is 8.45. The zero-order valence-electron chi connectivity index (χ0n) is 13.8. The van der Waals surface area contributed by atoms with Crippen molar-refractivity contribution in [3.8, 4) is 0 Å². The summed E-state index contributed by atoms with van der Waals surface area (Å²) >= 11 is 0. The second-order valence-electron chi connectivity index (χ2n) is 6.32. The number of aromatic nitrogens is 1. The summed E-state index contributed by atoms with van der Waals surface area (Å²) in [5.74, 6) is -0.213. The molecular weight excluding hydrogens is 300 g/mol. The summed E-state index contributed by atoms with van der Waals surface area (Å²) in [5.41, 5.74) is 9.04. The van der Waals surface area contributed by atoms with Crippen molar-refractivity contribution in [2.75, 3.05) is 18.0 Å². The monoisotopic (exact) mass is 324 g/mol. The van der Waals surface area contributed by atoms with Crippen LogP contribution in [-0.2, 0) is 17.9 Å². The molecule has 5 heteroatoms. The van der Waals surface area contributed by atoms with Gasteiger partial charge in [0.1, 0.15) is 0 Å². The van der Waals surface area contributed by atoms with E-state index in [0.29, 0.717) is 0 Å². The summed E-state index contributed by atoms with van der Waals surface area (Å²) in [6.45, 7) is 3.34. The lowest BCUT2D eigenvalue weighted by Crippen LogP contribution is -2.41. The Labute approximate surface area is 142 Å². The van der Waals surface area contributed by atoms with Crippen LogP contribution in [0.4, 0.5) is 5.69 Å². The highest BCUT2D eigenvalue weighted by Gasteiger charge is 2.23. The first-order valence-corrected chi connectivity index (χ1v) is 8.45. The fourth-order valence-corrected chi connectivity index (χ4v) is 3.12. The first-order chi connectivity index (χ1) is 11.7. The summed E-state index contributed by atoms with van der Waals surface area (Å²) in [6.07, 6.45) is 5.58. The van der Waals surface area contributed by atoms with Crippen molar-refractivity contribution < 1.29 is 4.79 Å². The maximum absolute atomic E-state index is 11.4. The van der Waals surface area contributed by atoms with Gasteiger partial charge in [-0.05, 0) is 42.2 Å². The third-order valence-electron chi connectivity index (χ3n) is 4.51. The van der Waals surface area contributed by atoms with Gasteiger partial charge in [-0.3, -0.25) is 9.78 Å². The molecule has 1 fully saturated rings. The number of anilines is 1. The Morgan fingerprint density at radius 3 is 2.71 bits per heavy atom. The van der Waals surface area contributed by atoms with Gasteiger partial charge < -0.3 is 16.0 Å². The molecule has 1 atom stereocenters. The average molecular weight is 324 g/mol. The Bertz CT molecular complexity index is 657. The van der Waals surface area contributed by atoms with Crippen molar-refractivity contribution in [3.63, 3.8) is 0 Å². The van der Waals surface area contributed by atoms with Gasteiger partial charge in [0.2, 0.25) is 5.91 Å². The Balaban J connectivity index is 1.52. The van der Waals surface area contributed by atoms with Crippen LogP contribution in [0.5, 0.6) is 0 Å². The highest BCUT2D eigenvalue weighted by Crippen LogP contribution is 2.23. The number of rotatable bonds is 6. The molecule has 3 rings (SSSR count). The Morgan fingerprint density at radius 2 is 2.00 bits per heavy atom. The molecule has 0 unspecified atom stereocenters. The van der Waals surface area contributed by atoms with Crippen LogP contribution in [0.1, 0.15) is 24.0 Å². The second kappa shape index (κ2) is 7.93. The predicted octanol–water partition coefficient (Wildman–Crippen LogP) is 2.07. The van der Waals surface area contributed by atoms with Gasteiger partial charge in [0, 0.05) is 44.3 Å². The van der Waals surface area contributed by atoms with E-state index in [1.807, 2.05) is 12.3 Å². The van der Waals surface area contributed by atoms with Gasteiger partial charge in [0.15, 0.2) is 0 Å². The molecule has 0 bridgehead atoms. The summed E-state index contributed by atoms with van der Waals surface area (Å²) < 4.78 is 0. The number of nitrogens with two attached hydrogens (primary N) is 1. The molecule has 5 nitrogen and oxygen atoms in total. The number of hydrogen-bond donors (Lipinski definition) is 2. The molecule has 1 aliphatic heterocycles. The highest BCUT2D eigenvalue weighted by molar-refractivity contribution is 5.77. The van der Waals surface area contributed by atoms with Crippen LogP contribution in [0.3, 0.4) is 0 Å². The van der Waals surface area contributed by atoms with Crippen molar-refractivity contribution in [3.05, 3.63) is 59.9 Å². The molecule has 1 aliphatic rings. The third kappa shape index (κ3) is 4.32. The molecular formula is C19H24N4O. The fourth-order valence-electron chi connectivity index (χ4n) is 3.12. The van der Waals surface area contributed by atoms with Crippen molar-refractivity contribution in [2.24, 2.45) is 11.7 Å². The van der Waals surface area contributed by atoms with Gasteiger partial charge in [-0.2, -0.15) is 0 Å². The average Bonchev–Trinajstić information content (AvgIpc) is 2.63. The Hall–Kier alpha value is -2.40. The molecule has 1 amide bonds. The van der Waals surface area contributed by atoms with E-state index in [4.69, 9.17) is 5.73 Å². The van der Waals surface area contributed by atoms with Crippen LogP contribution in [0.25, 0.3) is 0 Å². The molecule has 2 heterocycles. The van der Waals surface area contributed by atoms with E-state index in [1.54, 1.807) is 6.20 Å². The zero-order valence-corrected chi connectivity index (χ0v) is 13.8. The summed E-state index contributed by atoms with van der Waals surface area (Å²) in [7, 11) is 0. The van der Waals surface area contributed by atoms with E-state index in [9.17, 15) is 4.79 Å². The standard InChI is InChI=1S/C19H24N4O/c20-19(24)17-4-2-10-23(14-17)18-7-5-15(6-8-18)11-22-13-16-3-1-9-21-12-16/h1,3,5-9,12,17,22H,2,4,10-11,13-14H2,(H2,20,24)/t17-/m0/s1. The number of carbonyl (C=O) groups excluding carboxylic acids is 1. The highest BCUT2D eigenvalue weighted by atomic mass is 16.1. The van der Waals surface area contributed by atoms with Crippen LogP contribution in [0.2, 0.25) is 0 Å². The van der Waals surface area contributed by atoms with Crippen molar-refractivity contribution in [1.82, 2.24) is 10.3 Å². The van der Waals surface area contributed by atoms with E-state index in [-0.39, 0.29) is 11.8 Å². The summed E-state index contributed by atoms with van der Waals surface area (Å²) in [6, 6.07) is 12.5. The number of nitrogens with zero attached hydrogens (tertiary/aromatic N) is 2. The Morgan fingerprint density at radius 1 is 1.21 bits per heavy atom. The minimum absolute atomic E-state index is 0.0282. The second-order valence-corrected chi connectivity index (χ2v) is 6.32. The number of piperidine rings is 1. The lowest BCUT2D eigenvalue weighted by molar-refractivity contribution is -0.122. The van der Waals surface area contributed by atoms with Gasteiger partial charge >= 0.3 is 0 Å². The predicted molar refractivity (Wildman–Crippen MR) is 95.4 cm³/mol. The topological polar surface area (TPSA) is 71.2 Å². The normalized spacial score (nSPS) is 17.7. The van der Waals surface area contributed by atoms with Crippen LogP contribution < -0.4 is 16.0 Å². The van der Waals surface area contributed by atoms with Crippen molar-refractivity contribution >= 4 is 11.6 Å². The maximum Gasteiger partial charge on any atom is 0.222 e. The molecule has 3 N–H and O–H groups in total. The summed E-state index contributed by atoms with van der Waals surface area (Å²) in [5, 5.41) is 3.42. The fraction of sp³-hybridized carbons (Fsp3) is 0.368. The maximum atomic E-state index is 11.4. The van der Waals surface area contributed by atoms with Gasteiger partial charge in [-0.25, -0.2) is 0 Å². The molecule has 2 aromatic rings. The van der Waals surface area contributed by atoms with E-state index >= 15 is 0 Å². The van der Waals surface area contributed by atoms with Crippen LogP contribution >= 0.6 is 0 Å². The lowest BCUT2D eigenvalue weighted by Gasteiger charge is -2.33. The van der Waals surface area contributed by atoms with Crippen molar-refractivity contribution in [1.29, 1.82) is 0 Å². The first kappa shape index (κ1) is 16.5. The molecule has 24 heavy (non-hydrogen) atoms. The van der Waals surface area contributed by atoms with Gasteiger partial charge in [-0.1, -0.05) is 18.2 Å². The van der Waals surface area contributed by atoms with E-state index in [0.717, 1.165) is 44.7 Å². The quantitative estimate of drug-likeness (QED) is 0.853. The lowest BCUT2D eigenvalue weighted by atomic mass is 9.97. The number of nitrogens with one attached hydrogen (secondary N) is 1. The number of amides is 1. The number of hydrogen-bond acceptors (Lipinski definition) is 4. The Kier molecular flexibility index (Phi) is 5.43. The number of benzene rings is 1. The molecule has 0 spiro atoms. The summed E-state index contributed by atoms with van der Waals surface area (Å²) in [4.78, 5) is 17.8. The molecule has 126 valence electrons. The van der Waals surface area contributed by atoms with E-state index in [2.05, 4.69) is 45.5 Å². The minimum Gasteiger partial charge on any atom is -0.371 e. The number of pyridine rings is 1. The van der Waals surface area contributed by atoms with Crippen LogP contribution in [0.15, 0.2) is 48.8 Å². The largest absolute Gasteiger partial charge is 0.371 e.